The quantitative estimate of drug-likeness (QED) is 0.313. The number of hydrogen-bond donors (Lipinski definition) is 2. The van der Waals surface area contributed by atoms with Crippen molar-refractivity contribution < 1.29 is 35.9 Å². The second kappa shape index (κ2) is 12.3. The van der Waals surface area contributed by atoms with Crippen molar-refractivity contribution in [2.24, 2.45) is 5.73 Å². The number of hydrogen-bond acceptors (Lipinski definition) is 6. The Bertz CT molecular complexity index is 1180. The van der Waals surface area contributed by atoms with E-state index in [4.69, 9.17) is 9.53 Å². The van der Waals surface area contributed by atoms with Crippen LogP contribution in [-0.2, 0) is 10.5 Å². The molecular weight excluding hydrogens is 498 g/mol. The molecule has 3 aromatic rings. The molecule has 0 aliphatic heterocycles. The van der Waals surface area contributed by atoms with Gasteiger partial charge < -0.3 is 15.8 Å². The summed E-state index contributed by atoms with van der Waals surface area (Å²) in [6, 6.07) is 8.39. The summed E-state index contributed by atoms with van der Waals surface area (Å²) in [6.45, 7) is 2.06. The number of thioether (sulfide) groups is 1. The molecule has 6 nitrogen and oxygen atoms in total. The Morgan fingerprint density at radius 3 is 2.37 bits per heavy atom. The van der Waals surface area contributed by atoms with Gasteiger partial charge in [0.05, 0.1) is 12.8 Å². The van der Waals surface area contributed by atoms with Gasteiger partial charge in [-0.1, -0.05) is 0 Å². The lowest BCUT2D eigenvalue weighted by molar-refractivity contribution is -0.169. The molecule has 0 radical (unpaired) electrons. The molecule has 188 valence electrons. The number of rotatable bonds is 7. The fraction of sp³-hybridized carbons (Fsp3) is 0.227. The average Bonchev–Trinajstić information content (AvgIpc) is 2.75. The first-order chi connectivity index (χ1) is 16.4. The maximum Gasteiger partial charge on any atom is 0.470 e. The van der Waals surface area contributed by atoms with Crippen LogP contribution in [0, 0.1) is 17.6 Å². The van der Waals surface area contributed by atoms with Crippen molar-refractivity contribution in [3.63, 3.8) is 0 Å². The topological polar surface area (TPSA) is 90.1 Å². The van der Waals surface area contributed by atoms with E-state index in [0.717, 1.165) is 11.8 Å². The van der Waals surface area contributed by atoms with Crippen LogP contribution in [0.4, 0.5) is 38.0 Å². The summed E-state index contributed by atoms with van der Waals surface area (Å²) in [5.41, 5.74) is 5.14. The monoisotopic (exact) mass is 518 g/mol. The summed E-state index contributed by atoms with van der Waals surface area (Å²) >= 11 is 1.56. The van der Waals surface area contributed by atoms with Crippen molar-refractivity contribution >= 4 is 29.3 Å². The predicted molar refractivity (Wildman–Crippen MR) is 121 cm³/mol. The van der Waals surface area contributed by atoms with Crippen LogP contribution < -0.4 is 15.8 Å². The number of nitrogens with zero attached hydrogens (tertiary/aromatic N) is 2. The third-order valence-corrected chi connectivity index (χ3v) is 4.71. The number of alkyl halides is 3. The first kappa shape index (κ1) is 27.8. The van der Waals surface area contributed by atoms with Crippen molar-refractivity contribution in [3.05, 3.63) is 65.7 Å². The molecule has 0 fully saturated rings. The third kappa shape index (κ3) is 8.35. The van der Waals surface area contributed by atoms with E-state index in [1.165, 1.54) is 30.3 Å². The minimum atomic E-state index is -4.86. The van der Waals surface area contributed by atoms with Gasteiger partial charge in [0.1, 0.15) is 29.0 Å². The van der Waals surface area contributed by atoms with Crippen molar-refractivity contribution in [1.29, 1.82) is 0 Å². The average molecular weight is 518 g/mol. The highest BCUT2D eigenvalue weighted by atomic mass is 32.2. The molecule has 3 rings (SSSR count). The fourth-order valence-electron chi connectivity index (χ4n) is 2.70. The van der Waals surface area contributed by atoms with Crippen molar-refractivity contribution in [1.82, 2.24) is 9.97 Å². The number of ether oxygens (including phenoxy) is 1. The zero-order chi connectivity index (χ0) is 26.2. The first-order valence-corrected chi connectivity index (χ1v) is 11.2. The lowest BCUT2D eigenvalue weighted by atomic mass is 10.0. The van der Waals surface area contributed by atoms with Gasteiger partial charge in [-0.05, 0) is 49.1 Å². The zero-order valence-corrected chi connectivity index (χ0v) is 19.2. The summed E-state index contributed by atoms with van der Waals surface area (Å²) in [4.78, 5) is 16.9. The molecule has 0 saturated carbocycles. The summed E-state index contributed by atoms with van der Waals surface area (Å²) in [7, 11) is 0. The minimum absolute atomic E-state index is 0.182. The third-order valence-electron chi connectivity index (χ3n) is 4.09. The van der Waals surface area contributed by atoms with E-state index >= 15 is 0 Å². The van der Waals surface area contributed by atoms with Gasteiger partial charge in [-0.25, -0.2) is 18.7 Å². The van der Waals surface area contributed by atoms with E-state index in [1.807, 2.05) is 6.26 Å². The summed E-state index contributed by atoms with van der Waals surface area (Å²) < 4.78 is 79.3. The fourth-order valence-corrected chi connectivity index (χ4v) is 3.20. The number of benzene rings is 1. The molecule has 1 aromatic carbocycles. The zero-order valence-electron chi connectivity index (χ0n) is 18.4. The number of pyridine rings is 2. The Kier molecular flexibility index (Phi) is 9.75. The number of halogens is 6. The number of primary amides is 1. The molecule has 35 heavy (non-hydrogen) atoms. The van der Waals surface area contributed by atoms with Gasteiger partial charge in [-0.3, -0.25) is 4.79 Å². The molecule has 0 spiro atoms. The molecule has 0 aliphatic rings. The molecule has 0 bridgehead atoms. The van der Waals surface area contributed by atoms with Crippen LogP contribution in [0.15, 0.2) is 42.6 Å². The maximum atomic E-state index is 14.4. The van der Waals surface area contributed by atoms with Crippen LogP contribution in [0.25, 0.3) is 11.1 Å². The van der Waals surface area contributed by atoms with Gasteiger partial charge >= 0.3 is 12.1 Å². The van der Waals surface area contributed by atoms with E-state index < -0.39 is 29.7 Å². The predicted octanol–water partition coefficient (Wildman–Crippen LogP) is 5.60. The molecule has 0 aliphatic carbocycles. The van der Waals surface area contributed by atoms with Crippen LogP contribution >= 0.6 is 11.8 Å². The number of nitrogens with one attached hydrogen (secondary N) is 1. The van der Waals surface area contributed by atoms with E-state index in [-0.39, 0.29) is 22.9 Å². The number of carbonyl (C=O) groups is 1. The van der Waals surface area contributed by atoms with Crippen LogP contribution in [0.3, 0.4) is 0 Å². The standard InChI is InChI=1S/C20H18F3N3OS.C2H2F3NO/c1-3-27-17-8-13(21)4-5-14(17)15-9-19(24-10-16(15)22)26-20-7-12(11-28-2)6-18(23)25-20;3-2(4,5)1(6)7/h4-10H,3,11H2,1-2H3,(H,24,25,26);(H2,6,7). The second-order valence-electron chi connectivity index (χ2n) is 6.73. The van der Waals surface area contributed by atoms with Gasteiger partial charge in [0.15, 0.2) is 0 Å². The minimum Gasteiger partial charge on any atom is -0.493 e. The van der Waals surface area contributed by atoms with E-state index in [1.54, 1.807) is 24.8 Å². The Morgan fingerprint density at radius 1 is 1.09 bits per heavy atom. The summed E-state index contributed by atoms with van der Waals surface area (Å²) in [5.74, 6) is -2.55. The molecule has 0 saturated heterocycles. The van der Waals surface area contributed by atoms with Gasteiger partial charge in [0.25, 0.3) is 0 Å². The number of carbonyl (C=O) groups excluding carboxylic acids is 1. The summed E-state index contributed by atoms with van der Waals surface area (Å²) in [5, 5.41) is 2.89. The number of anilines is 2. The highest BCUT2D eigenvalue weighted by molar-refractivity contribution is 7.97. The van der Waals surface area contributed by atoms with Crippen molar-refractivity contribution in [3.8, 4) is 16.9 Å². The van der Waals surface area contributed by atoms with Crippen LogP contribution in [0.2, 0.25) is 0 Å². The smallest absolute Gasteiger partial charge is 0.470 e. The Hall–Kier alpha value is -3.48. The van der Waals surface area contributed by atoms with Gasteiger partial charge in [-0.15, -0.1) is 0 Å². The number of amides is 1. The first-order valence-electron chi connectivity index (χ1n) is 9.81. The highest BCUT2D eigenvalue weighted by Crippen LogP contribution is 2.34. The molecule has 0 atom stereocenters. The van der Waals surface area contributed by atoms with Crippen LogP contribution in [0.1, 0.15) is 12.5 Å². The molecular formula is C22H20F6N4O2S. The summed E-state index contributed by atoms with van der Waals surface area (Å²) in [6.07, 6.45) is -1.91. The Labute approximate surface area is 200 Å². The highest BCUT2D eigenvalue weighted by Gasteiger charge is 2.35. The van der Waals surface area contributed by atoms with E-state index in [2.05, 4.69) is 21.0 Å². The molecule has 0 unspecified atom stereocenters. The van der Waals surface area contributed by atoms with Crippen LogP contribution in [0.5, 0.6) is 5.75 Å². The lowest BCUT2D eigenvalue weighted by Gasteiger charge is -2.13. The largest absolute Gasteiger partial charge is 0.493 e. The second-order valence-corrected chi connectivity index (χ2v) is 7.59. The number of aromatic nitrogens is 2. The van der Waals surface area contributed by atoms with Gasteiger partial charge in [-0.2, -0.15) is 29.3 Å². The van der Waals surface area contributed by atoms with E-state index in [0.29, 0.717) is 17.9 Å². The Balaban J connectivity index is 0.000000540. The van der Waals surface area contributed by atoms with Crippen LogP contribution in [-0.4, -0.2) is 34.9 Å². The lowest BCUT2D eigenvalue weighted by Crippen LogP contribution is -2.30. The van der Waals surface area contributed by atoms with Gasteiger partial charge in [0, 0.05) is 22.9 Å². The van der Waals surface area contributed by atoms with E-state index in [9.17, 15) is 26.3 Å². The van der Waals surface area contributed by atoms with Crippen molar-refractivity contribution in [2.75, 3.05) is 18.2 Å². The van der Waals surface area contributed by atoms with Gasteiger partial charge in [0.2, 0.25) is 5.95 Å². The molecule has 13 heteroatoms. The molecule has 2 heterocycles. The normalized spacial score (nSPS) is 10.9. The Morgan fingerprint density at radius 2 is 1.77 bits per heavy atom. The molecule has 1 amide bonds. The maximum absolute atomic E-state index is 14.4. The SMILES string of the molecule is CCOc1cc(F)ccc1-c1cc(Nc2cc(CSC)cc(F)n2)ncc1F.NC(=O)C(F)(F)F. The number of nitrogens with two attached hydrogens (primary N) is 1. The van der Waals surface area contributed by atoms with Crippen molar-refractivity contribution in [2.45, 2.75) is 18.9 Å². The molecule has 3 N–H and O–H groups in total. The molecule has 2 aromatic heterocycles.